The maximum Gasteiger partial charge on any atom is 0.260 e. The third-order valence-corrected chi connectivity index (χ3v) is 5.96. The van der Waals surface area contributed by atoms with Crippen LogP contribution in [0.4, 0.5) is 5.69 Å². The molecule has 0 saturated carbocycles. The first-order chi connectivity index (χ1) is 14.4. The zero-order chi connectivity index (χ0) is 21.3. The van der Waals surface area contributed by atoms with E-state index in [-0.39, 0.29) is 5.91 Å². The first-order valence-electron chi connectivity index (χ1n) is 9.53. The van der Waals surface area contributed by atoms with Gasteiger partial charge in [0.2, 0.25) is 0 Å². The maximum atomic E-state index is 12.9. The predicted octanol–water partition coefficient (Wildman–Crippen LogP) is 5.89. The van der Waals surface area contributed by atoms with Crippen LogP contribution in [0.15, 0.2) is 53.9 Å². The molecule has 1 N–H and O–H groups in total. The van der Waals surface area contributed by atoms with Crippen LogP contribution in [0, 0.1) is 20.8 Å². The molecule has 5 nitrogen and oxygen atoms in total. The summed E-state index contributed by atoms with van der Waals surface area (Å²) in [5.74, 6) is -0.273. The Hall–Kier alpha value is -2.96. The number of nitrogens with one attached hydrogen (secondary N) is 1. The minimum absolute atomic E-state index is 0.273. The Kier molecular flexibility index (Phi) is 5.70. The Morgan fingerprint density at radius 1 is 1.07 bits per heavy atom. The molecule has 2 heterocycles. The van der Waals surface area contributed by atoms with Crippen molar-refractivity contribution in [1.29, 1.82) is 0 Å². The summed E-state index contributed by atoms with van der Waals surface area (Å²) in [5, 5.41) is 10.8. The van der Waals surface area contributed by atoms with Crippen molar-refractivity contribution in [2.24, 2.45) is 0 Å². The topological polar surface area (TPSA) is 59.8 Å². The van der Waals surface area contributed by atoms with Crippen molar-refractivity contribution in [3.63, 3.8) is 0 Å². The van der Waals surface area contributed by atoms with Gasteiger partial charge in [0, 0.05) is 16.6 Å². The van der Waals surface area contributed by atoms with E-state index < -0.39 is 0 Å². The first kappa shape index (κ1) is 20.3. The molecule has 2 aromatic carbocycles. The van der Waals surface area contributed by atoms with Crippen molar-refractivity contribution in [3.8, 4) is 11.3 Å². The Labute approximate surface area is 184 Å². The number of halogens is 1. The second-order valence-electron chi connectivity index (χ2n) is 7.18. The maximum absolute atomic E-state index is 12.9. The van der Waals surface area contributed by atoms with Crippen LogP contribution in [0.25, 0.3) is 11.3 Å². The molecule has 0 atom stereocenters. The molecule has 1 amide bonds. The van der Waals surface area contributed by atoms with Crippen LogP contribution in [-0.4, -0.2) is 20.7 Å². The monoisotopic (exact) mass is 436 g/mol. The van der Waals surface area contributed by atoms with Crippen LogP contribution >= 0.6 is 22.9 Å². The highest BCUT2D eigenvalue weighted by molar-refractivity contribution is 7.09. The van der Waals surface area contributed by atoms with Crippen LogP contribution < -0.4 is 5.32 Å². The smallest absolute Gasteiger partial charge is 0.260 e. The van der Waals surface area contributed by atoms with Gasteiger partial charge in [-0.3, -0.25) is 4.79 Å². The number of benzene rings is 2. The molecule has 7 heteroatoms. The van der Waals surface area contributed by atoms with Gasteiger partial charge in [0.15, 0.2) is 0 Å². The molecule has 4 rings (SSSR count). The van der Waals surface area contributed by atoms with Gasteiger partial charge >= 0.3 is 0 Å². The summed E-state index contributed by atoms with van der Waals surface area (Å²) in [7, 11) is 0. The van der Waals surface area contributed by atoms with Gasteiger partial charge in [-0.25, -0.2) is 9.67 Å². The summed E-state index contributed by atoms with van der Waals surface area (Å²) in [6.45, 7) is 6.32. The fourth-order valence-electron chi connectivity index (χ4n) is 3.20. The van der Waals surface area contributed by atoms with E-state index in [1.807, 2.05) is 67.8 Å². The highest BCUT2D eigenvalue weighted by Gasteiger charge is 2.20. The van der Waals surface area contributed by atoms with Gasteiger partial charge in [-0.05, 0) is 38.5 Å². The molecular weight excluding hydrogens is 416 g/mol. The summed E-state index contributed by atoms with van der Waals surface area (Å²) < 4.78 is 1.66. The molecule has 0 bridgehead atoms. The molecule has 0 aliphatic heterocycles. The average Bonchev–Trinajstić information content (AvgIpc) is 3.27. The normalized spacial score (nSPS) is 10.9. The molecule has 0 spiro atoms. The number of hydrogen-bond donors (Lipinski definition) is 1. The Balaban J connectivity index is 1.50. The van der Waals surface area contributed by atoms with E-state index in [0.29, 0.717) is 28.6 Å². The molecule has 30 heavy (non-hydrogen) atoms. The van der Waals surface area contributed by atoms with E-state index in [1.165, 1.54) is 5.56 Å². The number of carbonyl (C=O) groups excluding carboxylic acids is 1. The lowest BCUT2D eigenvalue weighted by Gasteiger charge is -2.07. The van der Waals surface area contributed by atoms with Gasteiger partial charge < -0.3 is 5.32 Å². The van der Waals surface area contributed by atoms with Crippen molar-refractivity contribution in [3.05, 3.63) is 86.5 Å². The number of anilines is 1. The zero-order valence-corrected chi connectivity index (χ0v) is 18.5. The molecule has 4 aromatic rings. The molecule has 2 aromatic heterocycles. The summed E-state index contributed by atoms with van der Waals surface area (Å²) in [6, 6.07) is 15.8. The quantitative estimate of drug-likeness (QED) is 0.424. The number of carbonyl (C=O) groups is 1. The molecule has 0 aliphatic rings. The summed E-state index contributed by atoms with van der Waals surface area (Å²) >= 11 is 8.13. The van der Waals surface area contributed by atoms with Gasteiger partial charge in [0.1, 0.15) is 5.15 Å². The van der Waals surface area contributed by atoms with Crippen LogP contribution in [-0.2, 0) is 6.54 Å². The number of hydrogen-bond acceptors (Lipinski definition) is 4. The Bertz CT molecular complexity index is 1190. The summed E-state index contributed by atoms with van der Waals surface area (Å²) in [6.07, 6.45) is 0. The van der Waals surface area contributed by atoms with Crippen molar-refractivity contribution < 1.29 is 4.79 Å². The second-order valence-corrected chi connectivity index (χ2v) is 8.60. The van der Waals surface area contributed by atoms with Crippen LogP contribution in [0.3, 0.4) is 0 Å². The number of rotatable bonds is 5. The minimum Gasteiger partial charge on any atom is -0.322 e. The van der Waals surface area contributed by atoms with Crippen molar-refractivity contribution in [1.82, 2.24) is 14.8 Å². The fraction of sp³-hybridized carbons (Fsp3) is 0.174. The number of aryl methyl sites for hydroxylation is 3. The first-order valence-corrected chi connectivity index (χ1v) is 10.8. The SMILES string of the molecule is Cc1ccc(Cn2nc(C)c(C(=O)Nc3ccc(-c4csc(C)n4)cc3)c2Cl)cc1. The average molecular weight is 437 g/mol. The van der Waals surface area contributed by atoms with Crippen LogP contribution in [0.2, 0.25) is 5.15 Å². The van der Waals surface area contributed by atoms with Gasteiger partial charge in [0.25, 0.3) is 5.91 Å². The van der Waals surface area contributed by atoms with Crippen molar-refractivity contribution in [2.75, 3.05) is 5.32 Å². The highest BCUT2D eigenvalue weighted by Crippen LogP contribution is 2.25. The van der Waals surface area contributed by atoms with Crippen molar-refractivity contribution >= 4 is 34.5 Å². The van der Waals surface area contributed by atoms with Gasteiger partial charge in [-0.2, -0.15) is 5.10 Å². The second kappa shape index (κ2) is 8.42. The van der Waals surface area contributed by atoms with Gasteiger partial charge in [0.05, 0.1) is 28.5 Å². The molecule has 0 fully saturated rings. The fourth-order valence-corrected chi connectivity index (χ4v) is 4.14. The van der Waals surface area contributed by atoms with Crippen molar-refractivity contribution in [2.45, 2.75) is 27.3 Å². The summed E-state index contributed by atoms with van der Waals surface area (Å²) in [5.41, 5.74) is 5.89. The molecule has 0 unspecified atom stereocenters. The highest BCUT2D eigenvalue weighted by atomic mass is 35.5. The summed E-state index contributed by atoms with van der Waals surface area (Å²) in [4.78, 5) is 17.4. The molecule has 0 aliphatic carbocycles. The number of amides is 1. The lowest BCUT2D eigenvalue weighted by atomic mass is 10.1. The van der Waals surface area contributed by atoms with E-state index in [0.717, 1.165) is 21.8 Å². The number of nitrogens with zero attached hydrogens (tertiary/aromatic N) is 3. The Morgan fingerprint density at radius 3 is 2.40 bits per heavy atom. The lowest BCUT2D eigenvalue weighted by molar-refractivity contribution is 0.102. The molecule has 152 valence electrons. The molecular formula is C23H21ClN4OS. The molecule has 0 saturated heterocycles. The predicted molar refractivity (Wildman–Crippen MR) is 122 cm³/mol. The zero-order valence-electron chi connectivity index (χ0n) is 16.9. The van der Waals surface area contributed by atoms with Crippen LogP contribution in [0.5, 0.6) is 0 Å². The largest absolute Gasteiger partial charge is 0.322 e. The number of aromatic nitrogens is 3. The van der Waals surface area contributed by atoms with Gasteiger partial charge in [-0.1, -0.05) is 53.6 Å². The van der Waals surface area contributed by atoms with E-state index in [4.69, 9.17) is 11.6 Å². The third-order valence-electron chi connectivity index (χ3n) is 4.80. The minimum atomic E-state index is -0.273. The van der Waals surface area contributed by atoms with E-state index in [9.17, 15) is 4.79 Å². The van der Waals surface area contributed by atoms with E-state index in [2.05, 4.69) is 15.4 Å². The number of thiazole rings is 1. The van der Waals surface area contributed by atoms with Gasteiger partial charge in [-0.15, -0.1) is 11.3 Å². The van der Waals surface area contributed by atoms with E-state index in [1.54, 1.807) is 22.9 Å². The third kappa shape index (κ3) is 4.30. The molecule has 0 radical (unpaired) electrons. The standard InChI is InChI=1S/C23H21ClN4OS/c1-14-4-6-17(7-5-14)12-28-22(24)21(15(2)27-28)23(29)26-19-10-8-18(9-11-19)20-13-30-16(3)25-20/h4-11,13H,12H2,1-3H3,(H,26,29). The van der Waals surface area contributed by atoms with Crippen LogP contribution in [0.1, 0.15) is 32.2 Å². The van der Waals surface area contributed by atoms with E-state index >= 15 is 0 Å². The Morgan fingerprint density at radius 2 is 1.77 bits per heavy atom. The lowest BCUT2D eigenvalue weighted by Crippen LogP contribution is -2.13.